The van der Waals surface area contributed by atoms with Crippen LogP contribution in [0.25, 0.3) is 22.0 Å². The van der Waals surface area contributed by atoms with Gasteiger partial charge in [-0.3, -0.25) is 19.8 Å². The predicted molar refractivity (Wildman–Crippen MR) is 148 cm³/mol. The van der Waals surface area contributed by atoms with Gasteiger partial charge in [-0.25, -0.2) is 4.98 Å². The Morgan fingerprint density at radius 3 is 2.59 bits per heavy atom. The third kappa shape index (κ3) is 5.95. The first kappa shape index (κ1) is 24.9. The number of aromatic amines is 1. The van der Waals surface area contributed by atoms with Gasteiger partial charge < -0.3 is 15.1 Å². The lowest BCUT2D eigenvalue weighted by atomic mass is 10.0. The number of nitrogens with one attached hydrogen (secondary N) is 2. The Hall–Kier alpha value is -3.82. The molecule has 9 heteroatoms. The van der Waals surface area contributed by atoms with Crippen LogP contribution in [0.15, 0.2) is 55.0 Å². The summed E-state index contributed by atoms with van der Waals surface area (Å²) in [7, 11) is 6.10. The summed E-state index contributed by atoms with van der Waals surface area (Å²) >= 11 is 0. The van der Waals surface area contributed by atoms with Crippen molar-refractivity contribution in [2.75, 3.05) is 57.5 Å². The van der Waals surface area contributed by atoms with Crippen molar-refractivity contribution >= 4 is 28.3 Å². The van der Waals surface area contributed by atoms with Gasteiger partial charge >= 0.3 is 0 Å². The zero-order valence-electron chi connectivity index (χ0n) is 21.7. The number of carbonyl (C=O) groups excluding carboxylic acids is 1. The van der Waals surface area contributed by atoms with Gasteiger partial charge in [0.05, 0.1) is 17.4 Å². The first-order valence-corrected chi connectivity index (χ1v) is 12.7. The zero-order valence-corrected chi connectivity index (χ0v) is 21.7. The molecule has 192 valence electrons. The highest BCUT2D eigenvalue weighted by molar-refractivity contribution is 6.11. The first-order valence-electron chi connectivity index (χ1n) is 12.7. The Labute approximate surface area is 217 Å². The number of hydrogen-bond donors (Lipinski definition) is 2. The average molecular weight is 499 g/mol. The van der Waals surface area contributed by atoms with Crippen LogP contribution in [-0.4, -0.2) is 83.2 Å². The van der Waals surface area contributed by atoms with Gasteiger partial charge in [-0.15, -0.1) is 0 Å². The van der Waals surface area contributed by atoms with Crippen molar-refractivity contribution in [1.82, 2.24) is 30.0 Å². The summed E-state index contributed by atoms with van der Waals surface area (Å²) in [5.41, 5.74) is 5.03. The standard InChI is InChI=1S/C28H34N8O/c1-34(2)12-13-35(3)26-9-7-23(18-30-26)31-28(37)27-24-15-21(6-8-25(24)32-33-27)22-14-20(16-29-17-22)19-36-10-4-5-11-36/h6-9,14-18H,4-5,10-13,19H2,1-3H3,(H,31,37)(H,32,33). The van der Waals surface area contributed by atoms with Gasteiger partial charge in [-0.2, -0.15) is 5.10 Å². The van der Waals surface area contributed by atoms with Crippen LogP contribution < -0.4 is 10.2 Å². The molecule has 0 atom stereocenters. The number of carbonyl (C=O) groups is 1. The molecule has 1 amide bonds. The van der Waals surface area contributed by atoms with Gasteiger partial charge in [0.15, 0.2) is 5.69 Å². The Morgan fingerprint density at radius 2 is 1.84 bits per heavy atom. The highest BCUT2D eigenvalue weighted by Crippen LogP contribution is 2.27. The van der Waals surface area contributed by atoms with E-state index in [-0.39, 0.29) is 5.91 Å². The van der Waals surface area contributed by atoms with Crippen molar-refractivity contribution < 1.29 is 4.79 Å². The van der Waals surface area contributed by atoms with Crippen molar-refractivity contribution in [1.29, 1.82) is 0 Å². The Balaban J connectivity index is 1.31. The number of rotatable bonds is 9. The van der Waals surface area contributed by atoms with Gasteiger partial charge in [0.25, 0.3) is 5.91 Å². The number of hydrogen-bond acceptors (Lipinski definition) is 7. The third-order valence-electron chi connectivity index (χ3n) is 6.79. The van der Waals surface area contributed by atoms with E-state index in [1.807, 2.05) is 63.9 Å². The van der Waals surface area contributed by atoms with E-state index in [0.29, 0.717) is 11.4 Å². The highest BCUT2D eigenvalue weighted by atomic mass is 16.1. The molecule has 0 radical (unpaired) electrons. The smallest absolute Gasteiger partial charge is 0.276 e. The molecular weight excluding hydrogens is 464 g/mol. The number of likely N-dealkylation sites (tertiary alicyclic amines) is 1. The van der Waals surface area contributed by atoms with Crippen molar-refractivity contribution in [3.8, 4) is 11.1 Å². The van der Waals surface area contributed by atoms with Gasteiger partial charge in [0.2, 0.25) is 0 Å². The minimum atomic E-state index is -0.278. The molecule has 1 fully saturated rings. The van der Waals surface area contributed by atoms with Crippen molar-refractivity contribution in [2.24, 2.45) is 0 Å². The number of H-pyrrole nitrogens is 1. The molecule has 3 aromatic heterocycles. The monoisotopic (exact) mass is 498 g/mol. The van der Waals surface area contributed by atoms with Crippen molar-refractivity contribution in [2.45, 2.75) is 19.4 Å². The minimum Gasteiger partial charge on any atom is -0.358 e. The highest BCUT2D eigenvalue weighted by Gasteiger charge is 2.17. The quantitative estimate of drug-likeness (QED) is 0.362. The average Bonchev–Trinajstić information content (AvgIpc) is 3.57. The number of fused-ring (bicyclic) bond motifs is 1. The molecule has 5 rings (SSSR count). The Morgan fingerprint density at radius 1 is 1.00 bits per heavy atom. The summed E-state index contributed by atoms with van der Waals surface area (Å²) in [5.74, 6) is 0.579. The van der Waals surface area contributed by atoms with Crippen LogP contribution >= 0.6 is 0 Å². The summed E-state index contributed by atoms with van der Waals surface area (Å²) in [6, 6.07) is 12.0. The number of anilines is 2. The van der Waals surface area contributed by atoms with Crippen LogP contribution in [0.3, 0.4) is 0 Å². The number of nitrogens with zero attached hydrogens (tertiary/aromatic N) is 6. The maximum Gasteiger partial charge on any atom is 0.276 e. The molecule has 1 saturated heterocycles. The first-order chi connectivity index (χ1) is 18.0. The molecule has 0 saturated carbocycles. The number of pyridine rings is 2. The van der Waals surface area contributed by atoms with E-state index in [9.17, 15) is 4.79 Å². The van der Waals surface area contributed by atoms with E-state index in [4.69, 9.17) is 0 Å². The maximum absolute atomic E-state index is 13.1. The summed E-state index contributed by atoms with van der Waals surface area (Å²) in [6.45, 7) is 5.01. The van der Waals surface area contributed by atoms with Crippen molar-refractivity contribution in [3.63, 3.8) is 0 Å². The lowest BCUT2D eigenvalue weighted by Crippen LogP contribution is -2.28. The SMILES string of the molecule is CN(C)CCN(C)c1ccc(NC(=O)c2n[nH]c3ccc(-c4cncc(CN5CCCC5)c4)cc23)cn1. The molecule has 4 aromatic rings. The van der Waals surface area contributed by atoms with Crippen LogP contribution in [0.2, 0.25) is 0 Å². The third-order valence-corrected chi connectivity index (χ3v) is 6.79. The fourth-order valence-electron chi connectivity index (χ4n) is 4.64. The fourth-order valence-corrected chi connectivity index (χ4v) is 4.64. The maximum atomic E-state index is 13.1. The van der Waals surface area contributed by atoms with Gasteiger partial charge in [0.1, 0.15) is 5.82 Å². The second kappa shape index (κ2) is 11.1. The van der Waals surface area contributed by atoms with E-state index in [2.05, 4.69) is 46.2 Å². The van der Waals surface area contributed by atoms with E-state index in [1.54, 1.807) is 6.20 Å². The molecule has 1 aliphatic rings. The fraction of sp³-hybridized carbons (Fsp3) is 0.357. The van der Waals surface area contributed by atoms with Crippen LogP contribution in [0, 0.1) is 0 Å². The van der Waals surface area contributed by atoms with Crippen LogP contribution in [0.4, 0.5) is 11.5 Å². The van der Waals surface area contributed by atoms with E-state index in [0.717, 1.165) is 60.6 Å². The van der Waals surface area contributed by atoms with Gasteiger partial charge in [-0.05, 0) is 81.5 Å². The van der Waals surface area contributed by atoms with E-state index >= 15 is 0 Å². The largest absolute Gasteiger partial charge is 0.358 e. The molecule has 4 heterocycles. The summed E-state index contributed by atoms with van der Waals surface area (Å²) in [4.78, 5) is 28.8. The summed E-state index contributed by atoms with van der Waals surface area (Å²) < 4.78 is 0. The number of aromatic nitrogens is 4. The predicted octanol–water partition coefficient (Wildman–Crippen LogP) is 3.87. The molecule has 0 unspecified atom stereocenters. The van der Waals surface area contributed by atoms with Crippen LogP contribution in [0.5, 0.6) is 0 Å². The number of benzene rings is 1. The Bertz CT molecular complexity index is 1360. The lowest BCUT2D eigenvalue weighted by Gasteiger charge is -2.20. The van der Waals surface area contributed by atoms with Gasteiger partial charge in [0, 0.05) is 50.0 Å². The normalized spacial score (nSPS) is 13.9. The molecular formula is C28H34N8O. The van der Waals surface area contributed by atoms with E-state index < -0.39 is 0 Å². The second-order valence-electron chi connectivity index (χ2n) is 9.98. The molecule has 9 nitrogen and oxygen atoms in total. The Kier molecular flexibility index (Phi) is 7.43. The van der Waals surface area contributed by atoms with Crippen molar-refractivity contribution in [3.05, 3.63) is 66.2 Å². The number of amides is 1. The molecule has 0 spiro atoms. The topological polar surface area (TPSA) is 93.3 Å². The number of likely N-dealkylation sites (N-methyl/N-ethyl adjacent to an activating group) is 2. The summed E-state index contributed by atoms with van der Waals surface area (Å²) in [6.07, 6.45) is 8.02. The van der Waals surface area contributed by atoms with Gasteiger partial charge in [-0.1, -0.05) is 6.07 Å². The molecule has 2 N–H and O–H groups in total. The zero-order chi connectivity index (χ0) is 25.8. The molecule has 1 aliphatic heterocycles. The second-order valence-corrected chi connectivity index (χ2v) is 9.98. The lowest BCUT2D eigenvalue weighted by molar-refractivity contribution is 0.102. The molecule has 37 heavy (non-hydrogen) atoms. The molecule has 1 aromatic carbocycles. The summed E-state index contributed by atoms with van der Waals surface area (Å²) in [5, 5.41) is 11.0. The van der Waals surface area contributed by atoms with E-state index in [1.165, 1.54) is 18.4 Å². The minimum absolute atomic E-state index is 0.278. The molecule has 0 aliphatic carbocycles. The van der Waals surface area contributed by atoms with Crippen LogP contribution in [0.1, 0.15) is 28.9 Å². The van der Waals surface area contributed by atoms with Crippen LogP contribution in [-0.2, 0) is 6.54 Å². The molecule has 0 bridgehead atoms.